The van der Waals surface area contributed by atoms with Crippen molar-refractivity contribution in [2.24, 2.45) is 5.92 Å². The van der Waals surface area contributed by atoms with Crippen molar-refractivity contribution in [1.82, 2.24) is 10.2 Å². The first kappa shape index (κ1) is 13.0. The number of nitrogen functional groups attached to an aromatic ring is 1. The van der Waals surface area contributed by atoms with Crippen molar-refractivity contribution >= 4 is 5.82 Å². The van der Waals surface area contributed by atoms with Gasteiger partial charge in [-0.2, -0.15) is 5.10 Å². The molecule has 0 amide bonds. The van der Waals surface area contributed by atoms with Crippen LogP contribution in [-0.4, -0.2) is 16.8 Å². The van der Waals surface area contributed by atoms with E-state index in [0.717, 1.165) is 29.5 Å². The molecular weight excluding hydrogens is 250 g/mol. The Balaban J connectivity index is 1.91. The summed E-state index contributed by atoms with van der Waals surface area (Å²) >= 11 is 0. The minimum Gasteiger partial charge on any atom is -0.493 e. The lowest BCUT2D eigenvalue weighted by molar-refractivity contribution is 0.181. The third-order valence-corrected chi connectivity index (χ3v) is 4.18. The number of hydrogen-bond donors (Lipinski definition) is 2. The van der Waals surface area contributed by atoms with E-state index in [4.69, 9.17) is 10.5 Å². The maximum absolute atomic E-state index is 6.05. The Morgan fingerprint density at radius 2 is 2.00 bits per heavy atom. The number of benzene rings is 1. The molecule has 106 valence electrons. The van der Waals surface area contributed by atoms with Crippen molar-refractivity contribution in [2.45, 2.75) is 33.1 Å². The maximum Gasteiger partial charge on any atom is 0.145 e. The van der Waals surface area contributed by atoms with Crippen LogP contribution in [0.4, 0.5) is 5.82 Å². The van der Waals surface area contributed by atoms with E-state index >= 15 is 0 Å². The van der Waals surface area contributed by atoms with E-state index in [1.54, 1.807) is 0 Å². The highest BCUT2D eigenvalue weighted by atomic mass is 16.5. The average molecular weight is 271 g/mol. The van der Waals surface area contributed by atoms with Crippen molar-refractivity contribution < 1.29 is 4.74 Å². The quantitative estimate of drug-likeness (QED) is 0.895. The molecule has 3 N–H and O–H groups in total. The van der Waals surface area contributed by atoms with E-state index in [1.165, 1.54) is 30.4 Å². The molecular formula is C16H21N3O. The number of anilines is 1. The Kier molecular flexibility index (Phi) is 3.38. The maximum atomic E-state index is 6.05. The number of hydrogen-bond acceptors (Lipinski definition) is 3. The number of aromatic amines is 1. The molecule has 0 spiro atoms. The Morgan fingerprint density at radius 1 is 1.25 bits per heavy atom. The van der Waals surface area contributed by atoms with Crippen LogP contribution in [0.15, 0.2) is 18.2 Å². The zero-order valence-electron chi connectivity index (χ0n) is 12.1. The Hall–Kier alpha value is -1.97. The zero-order valence-corrected chi connectivity index (χ0v) is 12.1. The first-order valence-corrected chi connectivity index (χ1v) is 7.19. The van der Waals surface area contributed by atoms with Gasteiger partial charge in [0.1, 0.15) is 11.6 Å². The van der Waals surface area contributed by atoms with Gasteiger partial charge in [0.15, 0.2) is 0 Å². The van der Waals surface area contributed by atoms with E-state index in [9.17, 15) is 0 Å². The van der Waals surface area contributed by atoms with Crippen LogP contribution in [0.2, 0.25) is 0 Å². The zero-order chi connectivity index (χ0) is 14.1. The van der Waals surface area contributed by atoms with Crippen molar-refractivity contribution in [2.75, 3.05) is 12.3 Å². The fourth-order valence-electron chi connectivity index (χ4n) is 2.46. The van der Waals surface area contributed by atoms with Crippen LogP contribution in [0.3, 0.4) is 0 Å². The average Bonchev–Trinajstić information content (AvgIpc) is 2.78. The molecule has 1 fully saturated rings. The van der Waals surface area contributed by atoms with Crippen LogP contribution in [0, 0.1) is 19.8 Å². The van der Waals surface area contributed by atoms with E-state index in [2.05, 4.69) is 36.2 Å². The predicted molar refractivity (Wildman–Crippen MR) is 80.7 cm³/mol. The van der Waals surface area contributed by atoms with Crippen LogP contribution in [0.25, 0.3) is 11.3 Å². The molecule has 1 aromatic heterocycles. The Labute approximate surface area is 119 Å². The second-order valence-electron chi connectivity index (χ2n) is 5.75. The molecule has 1 aliphatic rings. The molecule has 0 bridgehead atoms. The van der Waals surface area contributed by atoms with Gasteiger partial charge < -0.3 is 10.5 Å². The fourth-order valence-corrected chi connectivity index (χ4v) is 2.46. The molecule has 1 heterocycles. The van der Waals surface area contributed by atoms with Gasteiger partial charge in [-0.1, -0.05) is 6.42 Å². The lowest BCUT2D eigenvalue weighted by atomic mass is 9.86. The first-order chi connectivity index (χ1) is 9.63. The monoisotopic (exact) mass is 271 g/mol. The Bertz CT molecular complexity index is 614. The summed E-state index contributed by atoms with van der Waals surface area (Å²) in [5, 5.41) is 6.98. The van der Waals surface area contributed by atoms with Gasteiger partial charge in [-0.25, -0.2) is 0 Å². The number of aryl methyl sites for hydroxylation is 2. The number of ether oxygens (including phenoxy) is 1. The van der Waals surface area contributed by atoms with Crippen LogP contribution in [-0.2, 0) is 0 Å². The fraction of sp³-hybridized carbons (Fsp3) is 0.438. The van der Waals surface area contributed by atoms with Gasteiger partial charge in [0.25, 0.3) is 0 Å². The minimum absolute atomic E-state index is 0.503. The van der Waals surface area contributed by atoms with Crippen LogP contribution >= 0.6 is 0 Å². The van der Waals surface area contributed by atoms with E-state index in [1.807, 2.05) is 6.07 Å². The summed E-state index contributed by atoms with van der Waals surface area (Å²) in [6.07, 6.45) is 3.92. The van der Waals surface area contributed by atoms with Gasteiger partial charge in [0.2, 0.25) is 0 Å². The van der Waals surface area contributed by atoms with Gasteiger partial charge in [0, 0.05) is 11.6 Å². The molecule has 20 heavy (non-hydrogen) atoms. The molecule has 0 saturated heterocycles. The molecule has 1 aromatic carbocycles. The minimum atomic E-state index is 0.503. The number of nitrogens with zero attached hydrogens (tertiary/aromatic N) is 1. The summed E-state index contributed by atoms with van der Waals surface area (Å²) in [5.41, 5.74) is 10.1. The van der Waals surface area contributed by atoms with Gasteiger partial charge in [-0.3, -0.25) is 5.10 Å². The van der Waals surface area contributed by atoms with Crippen LogP contribution < -0.4 is 10.5 Å². The lowest BCUT2D eigenvalue weighted by Gasteiger charge is -2.26. The second-order valence-corrected chi connectivity index (χ2v) is 5.75. The number of nitrogens with one attached hydrogen (secondary N) is 1. The van der Waals surface area contributed by atoms with E-state index < -0.39 is 0 Å². The first-order valence-electron chi connectivity index (χ1n) is 7.19. The summed E-state index contributed by atoms with van der Waals surface area (Å²) < 4.78 is 6.05. The molecule has 4 heteroatoms. The third kappa shape index (κ3) is 2.50. The molecule has 1 aliphatic carbocycles. The molecule has 0 unspecified atom stereocenters. The number of H-pyrrole nitrogens is 1. The molecule has 1 saturated carbocycles. The van der Waals surface area contributed by atoms with E-state index in [-0.39, 0.29) is 0 Å². The van der Waals surface area contributed by atoms with Crippen molar-refractivity contribution in [3.63, 3.8) is 0 Å². The number of aromatic nitrogens is 2. The van der Waals surface area contributed by atoms with Gasteiger partial charge in [-0.05, 0) is 55.9 Å². The molecule has 2 aromatic rings. The molecule has 0 aliphatic heterocycles. The van der Waals surface area contributed by atoms with Crippen LogP contribution in [0.5, 0.6) is 5.75 Å². The smallest absolute Gasteiger partial charge is 0.145 e. The summed E-state index contributed by atoms with van der Waals surface area (Å²) in [6, 6.07) is 6.10. The summed E-state index contributed by atoms with van der Waals surface area (Å²) in [5.74, 6) is 2.14. The SMILES string of the molecule is Cc1cc(OCC2CCC2)c(-c2cc(N)n[nH]2)cc1C. The summed E-state index contributed by atoms with van der Waals surface area (Å²) in [6.45, 7) is 5.02. The summed E-state index contributed by atoms with van der Waals surface area (Å²) in [7, 11) is 0. The largest absolute Gasteiger partial charge is 0.493 e. The summed E-state index contributed by atoms with van der Waals surface area (Å²) in [4.78, 5) is 0. The van der Waals surface area contributed by atoms with Crippen molar-refractivity contribution in [1.29, 1.82) is 0 Å². The third-order valence-electron chi connectivity index (χ3n) is 4.18. The number of nitrogens with two attached hydrogens (primary N) is 1. The highest BCUT2D eigenvalue weighted by Crippen LogP contribution is 2.34. The molecule has 0 atom stereocenters. The highest BCUT2D eigenvalue weighted by molar-refractivity contribution is 5.70. The van der Waals surface area contributed by atoms with Crippen molar-refractivity contribution in [3.05, 3.63) is 29.3 Å². The molecule has 0 radical (unpaired) electrons. The van der Waals surface area contributed by atoms with Gasteiger partial charge in [0.05, 0.1) is 12.3 Å². The molecule has 4 nitrogen and oxygen atoms in total. The van der Waals surface area contributed by atoms with Crippen LogP contribution in [0.1, 0.15) is 30.4 Å². The Morgan fingerprint density at radius 3 is 2.60 bits per heavy atom. The van der Waals surface area contributed by atoms with Gasteiger partial charge in [-0.15, -0.1) is 0 Å². The highest BCUT2D eigenvalue weighted by Gasteiger charge is 2.19. The lowest BCUT2D eigenvalue weighted by Crippen LogP contribution is -2.19. The van der Waals surface area contributed by atoms with E-state index in [0.29, 0.717) is 5.82 Å². The van der Waals surface area contributed by atoms with Crippen molar-refractivity contribution in [3.8, 4) is 17.0 Å². The topological polar surface area (TPSA) is 63.9 Å². The predicted octanol–water partition coefficient (Wildman–Crippen LogP) is 3.45. The standard InChI is InChI=1S/C16H21N3O/c1-10-6-13(14-8-16(17)19-18-14)15(7-11(10)2)20-9-12-4-3-5-12/h6-8,12H,3-5,9H2,1-2H3,(H3,17,18,19). The normalized spacial score (nSPS) is 15.1. The second kappa shape index (κ2) is 5.19. The molecule has 3 rings (SSSR count). The van der Waals surface area contributed by atoms with Gasteiger partial charge >= 0.3 is 0 Å². The number of rotatable bonds is 4.